The van der Waals surface area contributed by atoms with Gasteiger partial charge in [0.1, 0.15) is 11.9 Å². The summed E-state index contributed by atoms with van der Waals surface area (Å²) in [6, 6.07) is 0. The van der Waals surface area contributed by atoms with E-state index in [1.165, 1.54) is 0 Å². The van der Waals surface area contributed by atoms with E-state index < -0.39 is 6.10 Å². The zero-order valence-electron chi connectivity index (χ0n) is 11.0. The number of nitrogens with zero attached hydrogens (tertiary/aromatic N) is 4. The van der Waals surface area contributed by atoms with Crippen LogP contribution in [0.25, 0.3) is 0 Å². The molecule has 18 heavy (non-hydrogen) atoms. The van der Waals surface area contributed by atoms with Crippen molar-refractivity contribution in [2.45, 2.75) is 45.9 Å². The topological polar surface area (TPSA) is 55.9 Å². The van der Waals surface area contributed by atoms with Gasteiger partial charge in [-0.2, -0.15) is 0 Å². The molecular formula is C13H20N4O. The number of aromatic nitrogens is 4. The Morgan fingerprint density at radius 3 is 2.89 bits per heavy atom. The van der Waals surface area contributed by atoms with Crippen molar-refractivity contribution in [3.05, 3.63) is 36.4 Å². The molecule has 0 saturated carbocycles. The van der Waals surface area contributed by atoms with E-state index in [-0.39, 0.29) is 0 Å². The number of aryl methyl sites for hydroxylation is 2. The lowest BCUT2D eigenvalue weighted by Gasteiger charge is -2.13. The Bertz CT molecular complexity index is 489. The predicted octanol–water partition coefficient (Wildman–Crippen LogP) is 1.79. The van der Waals surface area contributed by atoms with Gasteiger partial charge in [-0.05, 0) is 13.3 Å². The first kappa shape index (κ1) is 12.8. The molecule has 1 atom stereocenters. The SMILES string of the molecule is CCCn1cncc1C(O)Cc1nccn1CC. The molecule has 2 aromatic rings. The predicted molar refractivity (Wildman–Crippen MR) is 69.1 cm³/mol. The fourth-order valence-corrected chi connectivity index (χ4v) is 2.13. The average Bonchev–Trinajstić information content (AvgIpc) is 2.98. The van der Waals surface area contributed by atoms with E-state index in [1.807, 2.05) is 15.3 Å². The van der Waals surface area contributed by atoms with Crippen molar-refractivity contribution in [2.75, 3.05) is 0 Å². The van der Waals surface area contributed by atoms with Crippen LogP contribution in [0.5, 0.6) is 0 Å². The second kappa shape index (κ2) is 5.82. The molecule has 98 valence electrons. The maximum Gasteiger partial charge on any atom is 0.111 e. The summed E-state index contributed by atoms with van der Waals surface area (Å²) in [5.74, 6) is 0.911. The van der Waals surface area contributed by atoms with Gasteiger partial charge in [-0.1, -0.05) is 6.92 Å². The summed E-state index contributed by atoms with van der Waals surface area (Å²) in [5.41, 5.74) is 0.863. The normalized spacial score (nSPS) is 12.8. The molecule has 2 rings (SSSR count). The fourth-order valence-electron chi connectivity index (χ4n) is 2.13. The van der Waals surface area contributed by atoms with Gasteiger partial charge >= 0.3 is 0 Å². The molecule has 0 aliphatic carbocycles. The minimum atomic E-state index is -0.549. The van der Waals surface area contributed by atoms with Gasteiger partial charge in [-0.3, -0.25) is 0 Å². The van der Waals surface area contributed by atoms with Gasteiger partial charge in [0.05, 0.1) is 18.2 Å². The molecule has 0 fully saturated rings. The van der Waals surface area contributed by atoms with Gasteiger partial charge in [0.2, 0.25) is 0 Å². The van der Waals surface area contributed by atoms with Crippen LogP contribution in [0, 0.1) is 0 Å². The molecule has 1 N–H and O–H groups in total. The highest BCUT2D eigenvalue weighted by molar-refractivity contribution is 5.06. The fraction of sp³-hybridized carbons (Fsp3) is 0.538. The molecule has 0 saturated heterocycles. The van der Waals surface area contributed by atoms with Crippen LogP contribution in [0.15, 0.2) is 24.9 Å². The Kier molecular flexibility index (Phi) is 4.15. The first-order valence-corrected chi connectivity index (χ1v) is 6.44. The van der Waals surface area contributed by atoms with Crippen molar-refractivity contribution >= 4 is 0 Å². The summed E-state index contributed by atoms with van der Waals surface area (Å²) in [4.78, 5) is 8.40. The summed E-state index contributed by atoms with van der Waals surface area (Å²) >= 11 is 0. The average molecular weight is 248 g/mol. The lowest BCUT2D eigenvalue weighted by atomic mass is 10.2. The van der Waals surface area contributed by atoms with E-state index in [9.17, 15) is 5.11 Å². The van der Waals surface area contributed by atoms with Gasteiger partial charge < -0.3 is 14.2 Å². The summed E-state index contributed by atoms with van der Waals surface area (Å²) in [5, 5.41) is 10.3. The molecule has 0 spiro atoms. The second-order valence-electron chi connectivity index (χ2n) is 4.36. The molecule has 1 unspecified atom stereocenters. The Labute approximate surface area is 107 Å². The molecule has 0 radical (unpaired) electrons. The number of aliphatic hydroxyl groups is 1. The third-order valence-corrected chi connectivity index (χ3v) is 3.07. The molecule has 0 aliphatic rings. The summed E-state index contributed by atoms with van der Waals surface area (Å²) in [6.45, 7) is 5.93. The van der Waals surface area contributed by atoms with E-state index in [0.717, 1.165) is 31.0 Å². The third-order valence-electron chi connectivity index (χ3n) is 3.07. The number of aliphatic hydroxyl groups excluding tert-OH is 1. The maximum absolute atomic E-state index is 10.3. The minimum Gasteiger partial charge on any atom is -0.386 e. The molecule has 0 aromatic carbocycles. The molecule has 0 aliphatic heterocycles. The van der Waals surface area contributed by atoms with Crippen molar-refractivity contribution in [1.29, 1.82) is 0 Å². The Hall–Kier alpha value is -1.62. The molecule has 2 aromatic heterocycles. The molecule has 2 heterocycles. The third kappa shape index (κ3) is 2.61. The quantitative estimate of drug-likeness (QED) is 0.848. The molecule has 5 heteroatoms. The van der Waals surface area contributed by atoms with Gasteiger partial charge in [-0.25, -0.2) is 9.97 Å². The van der Waals surface area contributed by atoms with Crippen LogP contribution in [0.2, 0.25) is 0 Å². The first-order chi connectivity index (χ1) is 8.76. The zero-order chi connectivity index (χ0) is 13.0. The van der Waals surface area contributed by atoms with Gasteiger partial charge in [-0.15, -0.1) is 0 Å². The van der Waals surface area contributed by atoms with E-state index in [4.69, 9.17) is 0 Å². The summed E-state index contributed by atoms with van der Waals surface area (Å²) < 4.78 is 4.05. The van der Waals surface area contributed by atoms with Crippen molar-refractivity contribution in [3.63, 3.8) is 0 Å². The molecular weight excluding hydrogens is 228 g/mol. The van der Waals surface area contributed by atoms with Crippen molar-refractivity contribution < 1.29 is 5.11 Å². The monoisotopic (exact) mass is 248 g/mol. The van der Waals surface area contributed by atoms with Crippen LogP contribution in [-0.2, 0) is 19.5 Å². The van der Waals surface area contributed by atoms with E-state index in [1.54, 1.807) is 18.7 Å². The van der Waals surface area contributed by atoms with Gasteiger partial charge in [0, 0.05) is 31.9 Å². The Morgan fingerprint density at radius 2 is 2.17 bits per heavy atom. The minimum absolute atomic E-state index is 0.524. The maximum atomic E-state index is 10.3. The number of rotatable bonds is 6. The standard InChI is InChI=1S/C13H20N4O/c1-3-6-17-10-14-9-11(17)12(18)8-13-15-5-7-16(13)4-2/h5,7,9-10,12,18H,3-4,6,8H2,1-2H3. The van der Waals surface area contributed by atoms with Crippen LogP contribution in [-0.4, -0.2) is 24.2 Å². The van der Waals surface area contributed by atoms with Crippen LogP contribution in [0.1, 0.15) is 37.9 Å². The van der Waals surface area contributed by atoms with Gasteiger partial charge in [0.25, 0.3) is 0 Å². The first-order valence-electron chi connectivity index (χ1n) is 6.44. The highest BCUT2D eigenvalue weighted by Crippen LogP contribution is 2.17. The van der Waals surface area contributed by atoms with Crippen LogP contribution in [0.3, 0.4) is 0 Å². The Morgan fingerprint density at radius 1 is 1.33 bits per heavy atom. The van der Waals surface area contributed by atoms with Gasteiger partial charge in [0.15, 0.2) is 0 Å². The lowest BCUT2D eigenvalue weighted by Crippen LogP contribution is -2.12. The largest absolute Gasteiger partial charge is 0.386 e. The van der Waals surface area contributed by atoms with Crippen molar-refractivity contribution in [3.8, 4) is 0 Å². The second-order valence-corrected chi connectivity index (χ2v) is 4.36. The summed E-state index contributed by atoms with van der Waals surface area (Å²) in [6.07, 6.45) is 8.22. The number of hydrogen-bond donors (Lipinski definition) is 1. The van der Waals surface area contributed by atoms with E-state index >= 15 is 0 Å². The molecule has 5 nitrogen and oxygen atoms in total. The van der Waals surface area contributed by atoms with Crippen molar-refractivity contribution in [2.24, 2.45) is 0 Å². The van der Waals surface area contributed by atoms with Crippen molar-refractivity contribution in [1.82, 2.24) is 19.1 Å². The van der Waals surface area contributed by atoms with Crippen LogP contribution >= 0.6 is 0 Å². The van der Waals surface area contributed by atoms with E-state index in [0.29, 0.717) is 6.42 Å². The highest BCUT2D eigenvalue weighted by Gasteiger charge is 2.15. The number of imidazole rings is 2. The van der Waals surface area contributed by atoms with Crippen LogP contribution in [0.4, 0.5) is 0 Å². The molecule has 0 bridgehead atoms. The lowest BCUT2D eigenvalue weighted by molar-refractivity contribution is 0.165. The summed E-state index contributed by atoms with van der Waals surface area (Å²) in [7, 11) is 0. The zero-order valence-corrected chi connectivity index (χ0v) is 11.0. The van der Waals surface area contributed by atoms with Crippen LogP contribution < -0.4 is 0 Å². The number of hydrogen-bond acceptors (Lipinski definition) is 3. The molecule has 0 amide bonds. The Balaban J connectivity index is 2.11. The highest BCUT2D eigenvalue weighted by atomic mass is 16.3. The van der Waals surface area contributed by atoms with E-state index in [2.05, 4.69) is 23.8 Å². The smallest absolute Gasteiger partial charge is 0.111 e.